The highest BCUT2D eigenvalue weighted by Crippen LogP contribution is 2.63. The lowest BCUT2D eigenvalue weighted by atomic mass is 10.0. The van der Waals surface area contributed by atoms with Crippen molar-refractivity contribution < 1.29 is 8.42 Å². The van der Waals surface area contributed by atoms with Gasteiger partial charge in [0.25, 0.3) is 0 Å². The second kappa shape index (κ2) is 5.09. The molecule has 0 saturated heterocycles. The smallest absolute Gasteiger partial charge is 0.250 e. The summed E-state index contributed by atoms with van der Waals surface area (Å²) in [6.07, 6.45) is 0. The largest absolute Gasteiger partial charge is 0.313 e. The lowest BCUT2D eigenvalue weighted by Gasteiger charge is -2.06. The molecule has 0 atom stereocenters. The summed E-state index contributed by atoms with van der Waals surface area (Å²) in [6, 6.07) is 1.76. The van der Waals surface area contributed by atoms with E-state index >= 15 is 0 Å². The average molecular weight is 316 g/mol. The van der Waals surface area contributed by atoms with Gasteiger partial charge in [0.05, 0.1) is 0 Å². The van der Waals surface area contributed by atoms with Crippen LogP contribution in [0.4, 0.5) is 0 Å². The lowest BCUT2D eigenvalue weighted by Crippen LogP contribution is -2.29. The molecule has 1 aliphatic rings. The minimum Gasteiger partial charge on any atom is -0.313 e. The first-order valence-corrected chi connectivity index (χ1v) is 9.29. The topological polar surface area (TPSA) is 58.2 Å². The van der Waals surface area contributed by atoms with Gasteiger partial charge in [-0.05, 0) is 34.4 Å². The molecule has 114 valence electrons. The number of hydrogen-bond donors (Lipinski definition) is 2. The number of sulfonamides is 1. The highest BCUT2D eigenvalue weighted by Gasteiger charge is 2.66. The summed E-state index contributed by atoms with van der Waals surface area (Å²) in [5.41, 5.74) is 1.03. The maximum atomic E-state index is 12.4. The van der Waals surface area contributed by atoms with Gasteiger partial charge in [0.15, 0.2) is 0 Å². The van der Waals surface area contributed by atoms with Gasteiger partial charge in [-0.2, -0.15) is 0 Å². The molecule has 2 rings (SSSR count). The van der Waals surface area contributed by atoms with E-state index in [9.17, 15) is 8.42 Å². The van der Waals surface area contributed by atoms with Gasteiger partial charge in [0.2, 0.25) is 10.0 Å². The molecule has 4 nitrogen and oxygen atoms in total. The standard InChI is InChI=1S/C14H24N2O2S2/c1-6-15-8-10-7-11(19-9-10)20(17,18)16-12-13(2,3)14(12,4)5/h7,9,12,15-16H,6,8H2,1-5H3. The zero-order valence-corrected chi connectivity index (χ0v) is 14.4. The van der Waals surface area contributed by atoms with Gasteiger partial charge in [0, 0.05) is 12.6 Å². The molecule has 1 heterocycles. The van der Waals surface area contributed by atoms with Crippen LogP contribution in [0.1, 0.15) is 40.2 Å². The van der Waals surface area contributed by atoms with Crippen LogP contribution in [0, 0.1) is 10.8 Å². The van der Waals surface area contributed by atoms with Gasteiger partial charge in [0.1, 0.15) is 4.21 Å². The monoisotopic (exact) mass is 316 g/mol. The van der Waals surface area contributed by atoms with Crippen molar-refractivity contribution in [1.29, 1.82) is 0 Å². The Kier molecular flexibility index (Phi) is 4.06. The Morgan fingerprint density at radius 1 is 1.25 bits per heavy atom. The first-order chi connectivity index (χ1) is 9.13. The van der Waals surface area contributed by atoms with Gasteiger partial charge >= 0.3 is 0 Å². The van der Waals surface area contributed by atoms with Gasteiger partial charge in [-0.1, -0.05) is 34.6 Å². The Labute approximate surface area is 126 Å². The molecule has 0 amide bonds. The molecular formula is C14H24N2O2S2. The summed E-state index contributed by atoms with van der Waals surface area (Å²) in [5, 5.41) is 5.10. The van der Waals surface area contributed by atoms with Crippen LogP contribution in [0.5, 0.6) is 0 Å². The predicted molar refractivity (Wildman–Crippen MR) is 83.4 cm³/mol. The van der Waals surface area contributed by atoms with Crippen molar-refractivity contribution in [2.24, 2.45) is 10.8 Å². The fourth-order valence-electron chi connectivity index (χ4n) is 2.56. The van der Waals surface area contributed by atoms with Crippen molar-refractivity contribution in [2.75, 3.05) is 6.54 Å². The summed E-state index contributed by atoms with van der Waals surface area (Å²) >= 11 is 1.29. The minimum absolute atomic E-state index is 0.000633. The van der Waals surface area contributed by atoms with Crippen LogP contribution in [-0.4, -0.2) is 21.0 Å². The van der Waals surface area contributed by atoms with Crippen molar-refractivity contribution >= 4 is 21.4 Å². The molecule has 0 spiro atoms. The number of hydrogen-bond acceptors (Lipinski definition) is 4. The van der Waals surface area contributed by atoms with Crippen molar-refractivity contribution in [3.05, 3.63) is 17.0 Å². The van der Waals surface area contributed by atoms with Gasteiger partial charge < -0.3 is 5.32 Å². The maximum Gasteiger partial charge on any atom is 0.250 e. The van der Waals surface area contributed by atoms with Crippen molar-refractivity contribution in [1.82, 2.24) is 10.0 Å². The summed E-state index contributed by atoms with van der Waals surface area (Å²) in [5.74, 6) is 0. The Hall–Kier alpha value is -0.430. The van der Waals surface area contributed by atoms with Crippen LogP contribution in [0.3, 0.4) is 0 Å². The molecule has 1 aromatic rings. The third kappa shape index (κ3) is 2.66. The summed E-state index contributed by atoms with van der Waals surface area (Å²) in [7, 11) is -3.40. The van der Waals surface area contributed by atoms with Crippen molar-refractivity contribution in [3.8, 4) is 0 Å². The molecule has 20 heavy (non-hydrogen) atoms. The van der Waals surface area contributed by atoms with E-state index < -0.39 is 10.0 Å². The quantitative estimate of drug-likeness (QED) is 0.848. The first kappa shape index (κ1) is 15.9. The second-order valence-corrected chi connectivity index (χ2v) is 9.40. The van der Waals surface area contributed by atoms with Crippen LogP contribution in [-0.2, 0) is 16.6 Å². The van der Waals surface area contributed by atoms with Crippen molar-refractivity contribution in [2.45, 2.75) is 51.4 Å². The number of rotatable bonds is 6. The first-order valence-electron chi connectivity index (χ1n) is 6.93. The van der Waals surface area contributed by atoms with Crippen LogP contribution < -0.4 is 10.0 Å². The second-order valence-electron chi connectivity index (χ2n) is 6.55. The van der Waals surface area contributed by atoms with Gasteiger partial charge in [-0.25, -0.2) is 13.1 Å². The Balaban J connectivity index is 2.10. The minimum atomic E-state index is -3.40. The molecule has 2 N–H and O–H groups in total. The van der Waals surface area contributed by atoms with E-state index in [4.69, 9.17) is 0 Å². The van der Waals surface area contributed by atoms with Crippen LogP contribution >= 0.6 is 11.3 Å². The Morgan fingerprint density at radius 3 is 2.35 bits per heavy atom. The Morgan fingerprint density at radius 2 is 1.85 bits per heavy atom. The SMILES string of the molecule is CCNCc1csc(S(=O)(=O)NC2C(C)(C)C2(C)C)c1. The van der Waals surface area contributed by atoms with E-state index in [0.29, 0.717) is 10.8 Å². The van der Waals surface area contributed by atoms with E-state index in [1.54, 1.807) is 6.07 Å². The molecule has 0 aliphatic heterocycles. The molecule has 0 radical (unpaired) electrons. The third-order valence-electron chi connectivity index (χ3n) is 4.77. The van der Waals surface area contributed by atoms with E-state index in [0.717, 1.165) is 12.1 Å². The molecule has 1 aromatic heterocycles. The fourth-order valence-corrected chi connectivity index (χ4v) is 5.32. The molecule has 1 saturated carbocycles. The molecule has 6 heteroatoms. The van der Waals surface area contributed by atoms with Gasteiger partial charge in [-0.3, -0.25) is 0 Å². The number of thiophene rings is 1. The van der Waals surface area contributed by atoms with Crippen LogP contribution in [0.15, 0.2) is 15.7 Å². The van der Waals surface area contributed by atoms with E-state index in [2.05, 4.69) is 37.7 Å². The highest BCUT2D eigenvalue weighted by atomic mass is 32.2. The molecule has 0 aromatic carbocycles. The lowest BCUT2D eigenvalue weighted by molar-refractivity contribution is 0.457. The maximum absolute atomic E-state index is 12.4. The van der Waals surface area contributed by atoms with Crippen LogP contribution in [0.25, 0.3) is 0 Å². The van der Waals surface area contributed by atoms with Gasteiger partial charge in [-0.15, -0.1) is 11.3 Å². The third-order valence-corrected chi connectivity index (χ3v) is 7.68. The summed E-state index contributed by atoms with van der Waals surface area (Å²) in [4.78, 5) is 0. The zero-order valence-electron chi connectivity index (χ0n) is 12.8. The van der Waals surface area contributed by atoms with E-state index in [-0.39, 0.29) is 16.9 Å². The molecule has 1 aliphatic carbocycles. The predicted octanol–water partition coefficient (Wildman–Crippen LogP) is 2.57. The molecule has 0 bridgehead atoms. The summed E-state index contributed by atoms with van der Waals surface area (Å²) in [6.45, 7) is 12.0. The van der Waals surface area contributed by atoms with Crippen LogP contribution in [0.2, 0.25) is 0 Å². The molecule has 1 fully saturated rings. The van der Waals surface area contributed by atoms with E-state index in [1.807, 2.05) is 12.3 Å². The number of nitrogens with one attached hydrogen (secondary N) is 2. The Bertz CT molecular complexity index is 574. The fraction of sp³-hybridized carbons (Fsp3) is 0.714. The molecule has 0 unspecified atom stereocenters. The average Bonchev–Trinajstić information content (AvgIpc) is 2.78. The summed E-state index contributed by atoms with van der Waals surface area (Å²) < 4.78 is 28.1. The normalized spacial score (nSPS) is 21.1. The van der Waals surface area contributed by atoms with E-state index in [1.165, 1.54) is 11.3 Å². The molecular weight excluding hydrogens is 292 g/mol. The van der Waals surface area contributed by atoms with Crippen molar-refractivity contribution in [3.63, 3.8) is 0 Å². The highest BCUT2D eigenvalue weighted by molar-refractivity contribution is 7.91. The zero-order chi connectivity index (χ0) is 15.2.